The molecule has 9 heteroatoms. The number of benzene rings is 2. The van der Waals surface area contributed by atoms with Crippen molar-refractivity contribution < 1.29 is 17.9 Å². The Kier molecular flexibility index (Phi) is 8.18. The molecule has 0 atom stereocenters. The number of nitrogens with zero attached hydrogens (tertiary/aromatic N) is 2. The molecule has 0 unspecified atom stereocenters. The molecular weight excluding hydrogens is 460 g/mol. The number of hydrogen-bond acceptors (Lipinski definition) is 3. The van der Waals surface area contributed by atoms with Crippen molar-refractivity contribution >= 4 is 29.9 Å². The zero-order chi connectivity index (χ0) is 18.3. The molecule has 2 aromatic rings. The molecule has 0 bridgehead atoms. The number of rotatable bonds is 5. The molecule has 0 aliphatic rings. The van der Waals surface area contributed by atoms with E-state index >= 15 is 0 Å². The minimum absolute atomic E-state index is 0. The molecule has 3 N–H and O–H groups in total. The Morgan fingerprint density at radius 1 is 1.08 bits per heavy atom. The SMILES string of the molecule is I.N#Cc1ccc(CNC(N)=NCc2ccc(OC(F)(F)F)cc2)cc1. The molecule has 0 aliphatic carbocycles. The second kappa shape index (κ2) is 9.86. The van der Waals surface area contributed by atoms with Gasteiger partial charge >= 0.3 is 6.36 Å². The molecule has 0 saturated carbocycles. The number of ether oxygens (including phenoxy) is 1. The monoisotopic (exact) mass is 476 g/mol. The molecule has 0 radical (unpaired) electrons. The summed E-state index contributed by atoms with van der Waals surface area (Å²) in [6.45, 7) is 0.665. The molecule has 0 fully saturated rings. The number of halogens is 4. The van der Waals surface area contributed by atoms with Crippen LogP contribution in [0.4, 0.5) is 13.2 Å². The van der Waals surface area contributed by atoms with Crippen LogP contribution >= 0.6 is 24.0 Å². The van der Waals surface area contributed by atoms with Gasteiger partial charge in [0.05, 0.1) is 18.2 Å². The van der Waals surface area contributed by atoms with Crippen LogP contribution in [0.25, 0.3) is 0 Å². The first-order chi connectivity index (χ1) is 11.9. The van der Waals surface area contributed by atoms with Crippen LogP contribution in [0.3, 0.4) is 0 Å². The summed E-state index contributed by atoms with van der Waals surface area (Å²) in [6, 6.07) is 14.5. The molecule has 0 aromatic heterocycles. The van der Waals surface area contributed by atoms with E-state index in [0.29, 0.717) is 17.7 Å². The van der Waals surface area contributed by atoms with Gasteiger partial charge in [0.25, 0.3) is 0 Å². The van der Waals surface area contributed by atoms with Gasteiger partial charge < -0.3 is 15.8 Å². The lowest BCUT2D eigenvalue weighted by atomic mass is 10.1. The highest BCUT2D eigenvalue weighted by molar-refractivity contribution is 14.0. The lowest BCUT2D eigenvalue weighted by Gasteiger charge is -2.09. The second-order valence-corrected chi connectivity index (χ2v) is 5.06. The molecule has 5 nitrogen and oxygen atoms in total. The molecule has 2 aromatic carbocycles. The van der Waals surface area contributed by atoms with E-state index in [1.165, 1.54) is 24.3 Å². The van der Waals surface area contributed by atoms with Crippen molar-refractivity contribution in [3.63, 3.8) is 0 Å². The zero-order valence-electron chi connectivity index (χ0n) is 13.5. The maximum Gasteiger partial charge on any atom is 0.573 e. The quantitative estimate of drug-likeness (QED) is 0.392. The lowest BCUT2D eigenvalue weighted by molar-refractivity contribution is -0.274. The molecule has 0 aliphatic heterocycles. The van der Waals surface area contributed by atoms with Crippen LogP contribution in [-0.4, -0.2) is 12.3 Å². The number of nitrogens with two attached hydrogens (primary N) is 1. The first kappa shape index (κ1) is 21.6. The van der Waals surface area contributed by atoms with Gasteiger partial charge in [-0.3, -0.25) is 0 Å². The average molecular weight is 476 g/mol. The maximum absolute atomic E-state index is 12.1. The summed E-state index contributed by atoms with van der Waals surface area (Å²) in [7, 11) is 0. The first-order valence-electron chi connectivity index (χ1n) is 7.23. The van der Waals surface area contributed by atoms with Crippen molar-refractivity contribution in [1.82, 2.24) is 5.32 Å². The van der Waals surface area contributed by atoms with E-state index in [-0.39, 0.29) is 42.2 Å². The van der Waals surface area contributed by atoms with Crippen LogP contribution < -0.4 is 15.8 Å². The van der Waals surface area contributed by atoms with E-state index in [9.17, 15) is 13.2 Å². The zero-order valence-corrected chi connectivity index (χ0v) is 15.8. The summed E-state index contributed by atoms with van der Waals surface area (Å²) < 4.78 is 40.0. The van der Waals surface area contributed by atoms with Gasteiger partial charge in [0.1, 0.15) is 5.75 Å². The van der Waals surface area contributed by atoms with Crippen molar-refractivity contribution in [2.75, 3.05) is 0 Å². The first-order valence-corrected chi connectivity index (χ1v) is 7.23. The number of nitriles is 1. The highest BCUT2D eigenvalue weighted by atomic mass is 127. The van der Waals surface area contributed by atoms with Crippen LogP contribution in [0.15, 0.2) is 53.5 Å². The van der Waals surface area contributed by atoms with E-state index in [2.05, 4.69) is 15.0 Å². The largest absolute Gasteiger partial charge is 0.573 e. The number of aliphatic imine (C=N–C) groups is 1. The minimum Gasteiger partial charge on any atom is -0.406 e. The van der Waals surface area contributed by atoms with Gasteiger partial charge in [0, 0.05) is 6.54 Å². The molecule has 26 heavy (non-hydrogen) atoms. The Morgan fingerprint density at radius 2 is 1.65 bits per heavy atom. The average Bonchev–Trinajstić information content (AvgIpc) is 2.58. The van der Waals surface area contributed by atoms with Gasteiger partial charge in [-0.1, -0.05) is 24.3 Å². The molecule has 0 heterocycles. The van der Waals surface area contributed by atoms with Crippen molar-refractivity contribution in [3.8, 4) is 11.8 Å². The van der Waals surface area contributed by atoms with Crippen LogP contribution in [0, 0.1) is 11.3 Å². The van der Waals surface area contributed by atoms with E-state index in [1.807, 2.05) is 6.07 Å². The minimum atomic E-state index is -4.71. The Labute approximate surface area is 165 Å². The van der Waals surface area contributed by atoms with Crippen LogP contribution in [0.5, 0.6) is 5.75 Å². The lowest BCUT2D eigenvalue weighted by Crippen LogP contribution is -2.31. The van der Waals surface area contributed by atoms with Gasteiger partial charge in [-0.2, -0.15) is 5.26 Å². The van der Waals surface area contributed by atoms with Crippen LogP contribution in [-0.2, 0) is 13.1 Å². The topological polar surface area (TPSA) is 83.4 Å². The van der Waals surface area contributed by atoms with Crippen molar-refractivity contribution in [3.05, 3.63) is 65.2 Å². The summed E-state index contributed by atoms with van der Waals surface area (Å²) >= 11 is 0. The third kappa shape index (κ3) is 7.60. The molecule has 138 valence electrons. The smallest absolute Gasteiger partial charge is 0.406 e. The van der Waals surface area contributed by atoms with Crippen molar-refractivity contribution in [1.29, 1.82) is 5.26 Å². The van der Waals surface area contributed by atoms with Crippen LogP contribution in [0.2, 0.25) is 0 Å². The second-order valence-electron chi connectivity index (χ2n) is 5.06. The number of nitrogens with one attached hydrogen (secondary N) is 1. The Balaban J connectivity index is 0.00000338. The Bertz CT molecular complexity index is 769. The van der Waals surface area contributed by atoms with Gasteiger partial charge in [0.15, 0.2) is 5.96 Å². The molecule has 2 rings (SSSR count). The van der Waals surface area contributed by atoms with E-state index in [4.69, 9.17) is 11.0 Å². The van der Waals surface area contributed by atoms with E-state index < -0.39 is 6.36 Å². The van der Waals surface area contributed by atoms with Crippen molar-refractivity contribution in [2.24, 2.45) is 10.7 Å². The predicted molar refractivity (Wildman–Crippen MR) is 102 cm³/mol. The highest BCUT2D eigenvalue weighted by Gasteiger charge is 2.30. The summed E-state index contributed by atoms with van der Waals surface area (Å²) in [5.41, 5.74) is 7.95. The summed E-state index contributed by atoms with van der Waals surface area (Å²) in [5, 5.41) is 11.6. The summed E-state index contributed by atoms with van der Waals surface area (Å²) in [6.07, 6.45) is -4.71. The predicted octanol–water partition coefficient (Wildman–Crippen LogP) is 3.68. The fourth-order valence-corrected chi connectivity index (χ4v) is 1.92. The third-order valence-electron chi connectivity index (χ3n) is 3.15. The van der Waals surface area contributed by atoms with Crippen LogP contribution in [0.1, 0.15) is 16.7 Å². The number of guanidine groups is 1. The summed E-state index contributed by atoms with van der Waals surface area (Å²) in [5.74, 6) is -0.0767. The summed E-state index contributed by atoms with van der Waals surface area (Å²) in [4.78, 5) is 4.12. The standard InChI is InChI=1S/C17H15F3N4O.HI/c18-17(19,20)25-15-7-5-14(6-8-15)11-24-16(22)23-10-13-3-1-12(9-21)2-4-13;/h1-8H,10-11H2,(H3,22,23,24);1H. The van der Waals surface area contributed by atoms with Gasteiger partial charge in [-0.25, -0.2) is 4.99 Å². The van der Waals surface area contributed by atoms with Crippen molar-refractivity contribution in [2.45, 2.75) is 19.5 Å². The van der Waals surface area contributed by atoms with Gasteiger partial charge in [-0.05, 0) is 35.4 Å². The fraction of sp³-hybridized carbons (Fsp3) is 0.176. The molecular formula is C17H16F3IN4O. The normalized spacial score (nSPS) is 11.2. The maximum atomic E-state index is 12.1. The van der Waals surface area contributed by atoms with Gasteiger partial charge in [0.2, 0.25) is 0 Å². The third-order valence-corrected chi connectivity index (χ3v) is 3.15. The van der Waals surface area contributed by atoms with E-state index in [1.54, 1.807) is 24.3 Å². The number of hydrogen-bond donors (Lipinski definition) is 2. The molecule has 0 spiro atoms. The Hall–Kier alpha value is -2.48. The Morgan fingerprint density at radius 3 is 2.19 bits per heavy atom. The highest BCUT2D eigenvalue weighted by Crippen LogP contribution is 2.22. The molecule has 0 amide bonds. The fourth-order valence-electron chi connectivity index (χ4n) is 1.92. The van der Waals surface area contributed by atoms with Gasteiger partial charge in [-0.15, -0.1) is 37.1 Å². The van der Waals surface area contributed by atoms with E-state index in [0.717, 1.165) is 5.56 Å². The molecule has 0 saturated heterocycles. The number of alkyl halides is 3.